The molecule has 1 aliphatic heterocycles. The van der Waals surface area contributed by atoms with Crippen LogP contribution in [0.5, 0.6) is 0 Å². The van der Waals surface area contributed by atoms with E-state index in [0.29, 0.717) is 12.5 Å². The van der Waals surface area contributed by atoms with Crippen LogP contribution in [0.4, 0.5) is 0 Å². The SMILES string of the molecule is CCn1cnnc1CN=C(N)N1CCCCCC1. The van der Waals surface area contributed by atoms with Gasteiger partial charge in [-0.2, -0.15) is 0 Å². The van der Waals surface area contributed by atoms with Gasteiger partial charge in [0.15, 0.2) is 11.8 Å². The number of aliphatic imine (C=N–C) groups is 1. The number of aromatic nitrogens is 3. The lowest BCUT2D eigenvalue weighted by Crippen LogP contribution is -2.38. The summed E-state index contributed by atoms with van der Waals surface area (Å²) in [7, 11) is 0. The standard InChI is InChI=1S/C12H22N6/c1-2-17-10-15-16-11(17)9-14-12(13)18-7-5-3-4-6-8-18/h10H,2-9H2,1H3,(H2,13,14). The molecule has 1 aromatic rings. The first-order chi connectivity index (χ1) is 8.81. The molecule has 0 radical (unpaired) electrons. The van der Waals surface area contributed by atoms with Crippen molar-refractivity contribution < 1.29 is 0 Å². The highest BCUT2D eigenvalue weighted by molar-refractivity contribution is 5.78. The van der Waals surface area contributed by atoms with E-state index in [9.17, 15) is 0 Å². The molecule has 0 atom stereocenters. The summed E-state index contributed by atoms with van der Waals surface area (Å²) in [4.78, 5) is 6.62. The zero-order valence-electron chi connectivity index (χ0n) is 11.0. The Morgan fingerprint density at radius 2 is 2.06 bits per heavy atom. The van der Waals surface area contributed by atoms with Crippen molar-refractivity contribution in [3.05, 3.63) is 12.2 Å². The first-order valence-electron chi connectivity index (χ1n) is 6.73. The highest BCUT2D eigenvalue weighted by Gasteiger charge is 2.11. The van der Waals surface area contributed by atoms with Crippen LogP contribution in [0.3, 0.4) is 0 Å². The van der Waals surface area contributed by atoms with Gasteiger partial charge in [0, 0.05) is 19.6 Å². The Hall–Kier alpha value is -1.59. The molecule has 2 N–H and O–H groups in total. The minimum atomic E-state index is 0.510. The predicted molar refractivity (Wildman–Crippen MR) is 71.1 cm³/mol. The zero-order chi connectivity index (χ0) is 12.8. The second-order valence-electron chi connectivity index (χ2n) is 4.61. The van der Waals surface area contributed by atoms with Crippen LogP contribution in [0.2, 0.25) is 0 Å². The van der Waals surface area contributed by atoms with Crippen molar-refractivity contribution in [3.63, 3.8) is 0 Å². The van der Waals surface area contributed by atoms with Gasteiger partial charge in [-0.3, -0.25) is 0 Å². The quantitative estimate of drug-likeness (QED) is 0.641. The number of guanidine groups is 1. The molecule has 0 aromatic carbocycles. The second-order valence-corrected chi connectivity index (χ2v) is 4.61. The third-order valence-corrected chi connectivity index (χ3v) is 3.35. The Labute approximate surface area is 108 Å². The van der Waals surface area contributed by atoms with E-state index in [1.54, 1.807) is 6.33 Å². The van der Waals surface area contributed by atoms with Gasteiger partial charge < -0.3 is 15.2 Å². The van der Waals surface area contributed by atoms with Gasteiger partial charge >= 0.3 is 0 Å². The third kappa shape index (κ3) is 3.21. The average molecular weight is 250 g/mol. The number of aryl methyl sites for hydroxylation is 1. The normalized spacial score (nSPS) is 17.8. The van der Waals surface area contributed by atoms with E-state index in [-0.39, 0.29) is 0 Å². The molecule has 1 fully saturated rings. The molecule has 18 heavy (non-hydrogen) atoms. The van der Waals surface area contributed by atoms with Crippen LogP contribution in [0.25, 0.3) is 0 Å². The van der Waals surface area contributed by atoms with Crippen LogP contribution in [0.1, 0.15) is 38.4 Å². The summed E-state index contributed by atoms with van der Waals surface area (Å²) in [5.41, 5.74) is 6.04. The van der Waals surface area contributed by atoms with Crippen molar-refractivity contribution in [2.75, 3.05) is 13.1 Å². The van der Waals surface area contributed by atoms with E-state index in [2.05, 4.69) is 27.0 Å². The molecule has 1 saturated heterocycles. The van der Waals surface area contributed by atoms with Crippen molar-refractivity contribution in [1.29, 1.82) is 0 Å². The number of rotatable bonds is 3. The largest absolute Gasteiger partial charge is 0.370 e. The zero-order valence-corrected chi connectivity index (χ0v) is 11.0. The smallest absolute Gasteiger partial charge is 0.191 e. The Morgan fingerprint density at radius 3 is 2.72 bits per heavy atom. The van der Waals surface area contributed by atoms with E-state index in [0.717, 1.165) is 25.5 Å². The fourth-order valence-corrected chi connectivity index (χ4v) is 2.22. The maximum Gasteiger partial charge on any atom is 0.191 e. The Morgan fingerprint density at radius 1 is 1.33 bits per heavy atom. The van der Waals surface area contributed by atoms with Gasteiger partial charge in [0.05, 0.1) is 0 Å². The van der Waals surface area contributed by atoms with Gasteiger partial charge in [0.25, 0.3) is 0 Å². The van der Waals surface area contributed by atoms with Crippen LogP contribution in [0, 0.1) is 0 Å². The van der Waals surface area contributed by atoms with E-state index in [4.69, 9.17) is 5.73 Å². The van der Waals surface area contributed by atoms with Gasteiger partial charge in [0.1, 0.15) is 12.9 Å². The summed E-state index contributed by atoms with van der Waals surface area (Å²) in [6.45, 7) is 5.48. The molecule has 0 unspecified atom stereocenters. The molecule has 1 aromatic heterocycles. The maximum atomic E-state index is 6.04. The number of nitrogens with zero attached hydrogens (tertiary/aromatic N) is 5. The summed E-state index contributed by atoms with van der Waals surface area (Å²) >= 11 is 0. The van der Waals surface area contributed by atoms with Crippen molar-refractivity contribution in [1.82, 2.24) is 19.7 Å². The first-order valence-corrected chi connectivity index (χ1v) is 6.73. The number of hydrogen-bond donors (Lipinski definition) is 1. The molecule has 6 heteroatoms. The van der Waals surface area contributed by atoms with Crippen molar-refractivity contribution in [2.45, 2.75) is 45.7 Å². The lowest BCUT2D eigenvalue weighted by molar-refractivity contribution is 0.428. The summed E-state index contributed by atoms with van der Waals surface area (Å²) in [5.74, 6) is 1.51. The minimum Gasteiger partial charge on any atom is -0.370 e. The molecule has 1 aliphatic rings. The van der Waals surface area contributed by atoms with Gasteiger partial charge in [-0.05, 0) is 19.8 Å². The maximum absolute atomic E-state index is 6.04. The molecule has 6 nitrogen and oxygen atoms in total. The van der Waals surface area contributed by atoms with E-state index in [1.165, 1.54) is 25.7 Å². The molecule has 2 rings (SSSR count). The molecule has 0 amide bonds. The molecule has 2 heterocycles. The molecule has 0 spiro atoms. The van der Waals surface area contributed by atoms with Crippen molar-refractivity contribution >= 4 is 5.96 Å². The number of hydrogen-bond acceptors (Lipinski definition) is 3. The molecule has 100 valence electrons. The van der Waals surface area contributed by atoms with Crippen LogP contribution in [-0.4, -0.2) is 38.7 Å². The van der Waals surface area contributed by atoms with E-state index >= 15 is 0 Å². The summed E-state index contributed by atoms with van der Waals surface area (Å²) in [6.07, 6.45) is 6.75. The van der Waals surface area contributed by atoms with E-state index in [1.807, 2.05) is 4.57 Å². The highest BCUT2D eigenvalue weighted by Crippen LogP contribution is 2.09. The molecule has 0 bridgehead atoms. The van der Waals surface area contributed by atoms with Gasteiger partial charge in [-0.25, -0.2) is 4.99 Å². The third-order valence-electron chi connectivity index (χ3n) is 3.35. The highest BCUT2D eigenvalue weighted by atomic mass is 15.3. The number of nitrogens with two attached hydrogens (primary N) is 1. The lowest BCUT2D eigenvalue weighted by atomic mass is 10.2. The summed E-state index contributed by atoms with van der Waals surface area (Å²) in [5, 5.41) is 7.94. The van der Waals surface area contributed by atoms with Gasteiger partial charge in [0.2, 0.25) is 0 Å². The van der Waals surface area contributed by atoms with Crippen molar-refractivity contribution in [3.8, 4) is 0 Å². The van der Waals surface area contributed by atoms with Gasteiger partial charge in [-0.1, -0.05) is 12.8 Å². The molecule has 0 saturated carbocycles. The van der Waals surface area contributed by atoms with Crippen LogP contribution in [-0.2, 0) is 13.1 Å². The van der Waals surface area contributed by atoms with Crippen LogP contribution >= 0.6 is 0 Å². The van der Waals surface area contributed by atoms with E-state index < -0.39 is 0 Å². The Balaban J connectivity index is 1.95. The van der Waals surface area contributed by atoms with Gasteiger partial charge in [-0.15, -0.1) is 10.2 Å². The topological polar surface area (TPSA) is 72.3 Å². The summed E-state index contributed by atoms with van der Waals surface area (Å²) < 4.78 is 1.99. The number of likely N-dealkylation sites (tertiary alicyclic amines) is 1. The van der Waals surface area contributed by atoms with Crippen LogP contribution in [0.15, 0.2) is 11.3 Å². The second kappa shape index (κ2) is 6.37. The fourth-order valence-electron chi connectivity index (χ4n) is 2.22. The Kier molecular flexibility index (Phi) is 4.55. The monoisotopic (exact) mass is 250 g/mol. The fraction of sp³-hybridized carbons (Fsp3) is 0.750. The predicted octanol–water partition coefficient (Wildman–Crippen LogP) is 0.989. The first kappa shape index (κ1) is 12.9. The molecule has 0 aliphatic carbocycles. The minimum absolute atomic E-state index is 0.510. The molecular weight excluding hydrogens is 228 g/mol. The summed E-state index contributed by atoms with van der Waals surface area (Å²) in [6, 6.07) is 0. The average Bonchev–Trinajstić information content (AvgIpc) is 2.67. The van der Waals surface area contributed by atoms with Crippen molar-refractivity contribution in [2.24, 2.45) is 10.7 Å². The van der Waals surface area contributed by atoms with Crippen LogP contribution < -0.4 is 5.73 Å². The Bertz CT molecular complexity index is 389. The molecular formula is C12H22N6. The lowest BCUT2D eigenvalue weighted by Gasteiger charge is -2.20.